The Morgan fingerprint density at radius 2 is 2.15 bits per heavy atom. The van der Waals surface area contributed by atoms with E-state index in [-0.39, 0.29) is 16.6 Å². The maximum absolute atomic E-state index is 12.6. The van der Waals surface area contributed by atoms with Gasteiger partial charge in [-0.15, -0.1) is 0 Å². The van der Waals surface area contributed by atoms with E-state index in [1.165, 1.54) is 22.8 Å². The van der Waals surface area contributed by atoms with Gasteiger partial charge in [0.2, 0.25) is 10.0 Å². The second-order valence-electron chi connectivity index (χ2n) is 4.94. The van der Waals surface area contributed by atoms with Crippen LogP contribution in [0.4, 0.5) is 5.69 Å². The topological polar surface area (TPSA) is 79.5 Å². The third kappa shape index (κ3) is 2.79. The van der Waals surface area contributed by atoms with Gasteiger partial charge in [-0.25, -0.2) is 8.42 Å². The molecule has 1 saturated heterocycles. The highest BCUT2D eigenvalue weighted by atomic mass is 32.2. The van der Waals surface area contributed by atoms with E-state index >= 15 is 0 Å². The van der Waals surface area contributed by atoms with Gasteiger partial charge in [-0.3, -0.25) is 9.88 Å². The second kappa shape index (κ2) is 6.07. The molecule has 0 amide bonds. The highest BCUT2D eigenvalue weighted by molar-refractivity contribution is 7.89. The number of rotatable bonds is 5. The number of hydrogen-bond acceptors (Lipinski definition) is 5. The van der Waals surface area contributed by atoms with Gasteiger partial charge in [0.05, 0.1) is 5.69 Å². The van der Waals surface area contributed by atoms with Gasteiger partial charge in [0, 0.05) is 31.5 Å². The Kier molecular flexibility index (Phi) is 4.62. The van der Waals surface area contributed by atoms with E-state index in [0.29, 0.717) is 13.1 Å². The van der Waals surface area contributed by atoms with Crippen molar-refractivity contribution in [1.29, 1.82) is 0 Å². The first-order chi connectivity index (χ1) is 9.50. The first-order valence-corrected chi connectivity index (χ1v) is 8.38. The molecule has 1 fully saturated rings. The van der Waals surface area contributed by atoms with Crippen molar-refractivity contribution in [3.05, 3.63) is 18.5 Å². The Hall–Kier alpha value is -1.18. The highest BCUT2D eigenvalue weighted by Gasteiger charge is 2.35. The molecule has 0 aliphatic carbocycles. The van der Waals surface area contributed by atoms with Crippen LogP contribution >= 0.6 is 0 Å². The van der Waals surface area contributed by atoms with Gasteiger partial charge in [-0.05, 0) is 25.6 Å². The van der Waals surface area contributed by atoms with Crippen molar-refractivity contribution < 1.29 is 8.42 Å². The minimum absolute atomic E-state index is 0.111. The predicted molar refractivity (Wildman–Crippen MR) is 78.7 cm³/mol. The van der Waals surface area contributed by atoms with E-state index in [9.17, 15) is 8.42 Å². The molecule has 1 atom stereocenters. The van der Waals surface area contributed by atoms with E-state index in [1.807, 2.05) is 0 Å². The zero-order valence-electron chi connectivity index (χ0n) is 12.0. The molecule has 2 N–H and O–H groups in total. The number of aromatic nitrogens is 1. The summed E-state index contributed by atoms with van der Waals surface area (Å²) in [7, 11) is -3.53. The highest BCUT2D eigenvalue weighted by Crippen LogP contribution is 2.26. The number of nitrogens with two attached hydrogens (primary N) is 1. The molecule has 20 heavy (non-hydrogen) atoms. The summed E-state index contributed by atoms with van der Waals surface area (Å²) in [4.78, 5) is 6.28. The quantitative estimate of drug-likeness (QED) is 0.868. The maximum atomic E-state index is 12.6. The average molecular weight is 298 g/mol. The van der Waals surface area contributed by atoms with Gasteiger partial charge < -0.3 is 5.73 Å². The predicted octanol–water partition coefficient (Wildman–Crippen LogP) is 0.769. The Bertz CT molecular complexity index is 557. The zero-order valence-corrected chi connectivity index (χ0v) is 12.8. The van der Waals surface area contributed by atoms with Crippen molar-refractivity contribution >= 4 is 15.7 Å². The summed E-state index contributed by atoms with van der Waals surface area (Å²) < 4.78 is 26.7. The van der Waals surface area contributed by atoms with Gasteiger partial charge in [0.25, 0.3) is 0 Å². The summed E-state index contributed by atoms with van der Waals surface area (Å²) in [6.07, 6.45) is 3.69. The van der Waals surface area contributed by atoms with Crippen LogP contribution in [0, 0.1) is 0 Å². The van der Waals surface area contributed by atoms with Crippen LogP contribution in [0.25, 0.3) is 0 Å². The first kappa shape index (κ1) is 15.2. The average Bonchev–Trinajstić information content (AvgIpc) is 2.91. The number of sulfonamides is 1. The molecule has 6 nitrogen and oxygen atoms in total. The summed E-state index contributed by atoms with van der Waals surface area (Å²) in [6.45, 7) is 7.13. The van der Waals surface area contributed by atoms with E-state index in [1.54, 1.807) is 0 Å². The summed E-state index contributed by atoms with van der Waals surface area (Å²) >= 11 is 0. The van der Waals surface area contributed by atoms with Crippen LogP contribution in [0.15, 0.2) is 23.4 Å². The van der Waals surface area contributed by atoms with Crippen LogP contribution in [-0.2, 0) is 10.0 Å². The lowest BCUT2D eigenvalue weighted by atomic mass is 10.2. The van der Waals surface area contributed by atoms with Gasteiger partial charge in [0.1, 0.15) is 4.90 Å². The lowest BCUT2D eigenvalue weighted by Gasteiger charge is -2.26. The maximum Gasteiger partial charge on any atom is 0.246 e. The molecule has 1 unspecified atom stereocenters. The molecule has 2 rings (SSSR count). The molecule has 0 spiro atoms. The molecule has 0 aromatic carbocycles. The van der Waals surface area contributed by atoms with Gasteiger partial charge in [0.15, 0.2) is 0 Å². The molecular weight excluding hydrogens is 276 g/mol. The molecule has 112 valence electrons. The van der Waals surface area contributed by atoms with Crippen molar-refractivity contribution in [2.45, 2.75) is 31.2 Å². The minimum atomic E-state index is -3.53. The van der Waals surface area contributed by atoms with Crippen LogP contribution < -0.4 is 5.73 Å². The van der Waals surface area contributed by atoms with Crippen molar-refractivity contribution in [3.8, 4) is 0 Å². The fraction of sp³-hybridized carbons (Fsp3) is 0.615. The summed E-state index contributed by atoms with van der Waals surface area (Å²) in [5, 5.41) is 0. The second-order valence-corrected chi connectivity index (χ2v) is 6.85. The van der Waals surface area contributed by atoms with E-state index in [0.717, 1.165) is 19.5 Å². The fourth-order valence-corrected chi connectivity index (χ4v) is 4.26. The number of anilines is 1. The zero-order chi connectivity index (χ0) is 14.8. The van der Waals surface area contributed by atoms with Crippen molar-refractivity contribution in [2.24, 2.45) is 0 Å². The summed E-state index contributed by atoms with van der Waals surface area (Å²) in [6, 6.07) is 1.81. The third-order valence-corrected chi connectivity index (χ3v) is 5.80. The largest absolute Gasteiger partial charge is 0.398 e. The van der Waals surface area contributed by atoms with Gasteiger partial charge >= 0.3 is 0 Å². The molecule has 2 heterocycles. The molecule has 0 saturated carbocycles. The molecular formula is C13H22N4O2S. The van der Waals surface area contributed by atoms with Crippen LogP contribution in [0.1, 0.15) is 20.3 Å². The molecule has 1 aliphatic rings. The Morgan fingerprint density at radius 3 is 2.75 bits per heavy atom. The van der Waals surface area contributed by atoms with Gasteiger partial charge in [-0.2, -0.15) is 4.31 Å². The molecule has 0 radical (unpaired) electrons. The van der Waals surface area contributed by atoms with Crippen LogP contribution in [0.3, 0.4) is 0 Å². The van der Waals surface area contributed by atoms with Gasteiger partial charge in [-0.1, -0.05) is 13.8 Å². The molecule has 1 aliphatic heterocycles. The van der Waals surface area contributed by atoms with E-state index in [4.69, 9.17) is 5.73 Å². The molecule has 0 bridgehead atoms. The Balaban J connectivity index is 2.19. The lowest BCUT2D eigenvalue weighted by Crippen LogP contribution is -2.38. The monoisotopic (exact) mass is 298 g/mol. The normalized spacial score (nSPS) is 20.6. The summed E-state index contributed by atoms with van der Waals surface area (Å²) in [5.41, 5.74) is 6.02. The minimum Gasteiger partial charge on any atom is -0.398 e. The molecule has 7 heteroatoms. The standard InChI is InChI=1S/C13H22N4O2S/c1-3-16(4-2)11-6-8-17(10-11)20(18,19)13-9-15-7-5-12(13)14/h5,7,9,11H,3-4,6,8,10H2,1-2H3,(H2,14,15). The van der Waals surface area contributed by atoms with Crippen molar-refractivity contribution in [2.75, 3.05) is 31.9 Å². The van der Waals surface area contributed by atoms with E-state index < -0.39 is 10.0 Å². The number of hydrogen-bond donors (Lipinski definition) is 1. The van der Waals surface area contributed by atoms with Crippen LogP contribution in [0.2, 0.25) is 0 Å². The number of nitrogens with zero attached hydrogens (tertiary/aromatic N) is 3. The number of nitrogen functional groups attached to an aromatic ring is 1. The SMILES string of the molecule is CCN(CC)C1CCN(S(=O)(=O)c2cnccc2N)C1. The number of likely N-dealkylation sites (N-methyl/N-ethyl adjacent to an activating group) is 1. The first-order valence-electron chi connectivity index (χ1n) is 6.94. The molecule has 1 aromatic rings. The van der Waals surface area contributed by atoms with Crippen LogP contribution in [0.5, 0.6) is 0 Å². The summed E-state index contributed by atoms with van der Waals surface area (Å²) in [5.74, 6) is 0. The van der Waals surface area contributed by atoms with Crippen molar-refractivity contribution in [3.63, 3.8) is 0 Å². The van der Waals surface area contributed by atoms with E-state index in [2.05, 4.69) is 23.7 Å². The Morgan fingerprint density at radius 1 is 1.45 bits per heavy atom. The third-order valence-electron chi connectivity index (χ3n) is 3.89. The molecule has 1 aromatic heterocycles. The fourth-order valence-electron chi connectivity index (χ4n) is 2.71. The number of pyridine rings is 1. The smallest absolute Gasteiger partial charge is 0.246 e. The van der Waals surface area contributed by atoms with Crippen molar-refractivity contribution in [1.82, 2.24) is 14.2 Å². The Labute approximate surface area is 120 Å². The lowest BCUT2D eigenvalue weighted by molar-refractivity contribution is 0.224. The van der Waals surface area contributed by atoms with Crippen LogP contribution in [-0.4, -0.2) is 54.8 Å².